The zero-order chi connectivity index (χ0) is 18.7. The molecule has 0 atom stereocenters. The van der Waals surface area contributed by atoms with Crippen molar-refractivity contribution in [3.8, 4) is 17.2 Å². The molecule has 8 heteroatoms. The first-order valence-corrected chi connectivity index (χ1v) is 8.87. The lowest BCUT2D eigenvalue weighted by molar-refractivity contribution is -0.122. The highest BCUT2D eigenvalue weighted by molar-refractivity contribution is 8.26. The van der Waals surface area contributed by atoms with Crippen molar-refractivity contribution < 1.29 is 23.4 Å². The van der Waals surface area contributed by atoms with Crippen LogP contribution in [0.4, 0.5) is 0 Å². The lowest BCUT2D eigenvalue weighted by Gasteiger charge is -2.13. The largest absolute Gasteiger partial charge is 0.496 e. The minimum atomic E-state index is -0.173. The molecule has 1 fully saturated rings. The molecule has 136 valence electrons. The number of nitrogens with zero attached hydrogens (tertiary/aromatic N) is 1. The van der Waals surface area contributed by atoms with Crippen LogP contribution in [-0.2, 0) is 11.3 Å². The van der Waals surface area contributed by atoms with Crippen LogP contribution in [0.15, 0.2) is 39.9 Å². The number of ether oxygens (including phenoxy) is 3. The van der Waals surface area contributed by atoms with Gasteiger partial charge in [-0.15, -0.1) is 0 Å². The zero-order valence-electron chi connectivity index (χ0n) is 14.5. The van der Waals surface area contributed by atoms with E-state index in [0.29, 0.717) is 44.3 Å². The summed E-state index contributed by atoms with van der Waals surface area (Å²) in [5.41, 5.74) is 0.698. The number of carbonyl (C=O) groups excluding carboxylic acids is 1. The summed E-state index contributed by atoms with van der Waals surface area (Å²) in [6.45, 7) is 0.304. The van der Waals surface area contributed by atoms with Crippen molar-refractivity contribution >= 4 is 40.3 Å². The molecule has 3 rings (SSSR count). The molecule has 1 amide bonds. The first kappa shape index (κ1) is 18.3. The predicted molar refractivity (Wildman–Crippen MR) is 104 cm³/mol. The van der Waals surface area contributed by atoms with Crippen molar-refractivity contribution in [2.75, 3.05) is 21.3 Å². The van der Waals surface area contributed by atoms with Crippen molar-refractivity contribution in [3.05, 3.63) is 46.8 Å². The molecule has 1 aromatic carbocycles. The molecule has 0 spiro atoms. The second-order valence-electron chi connectivity index (χ2n) is 5.30. The van der Waals surface area contributed by atoms with Gasteiger partial charge in [-0.25, -0.2) is 0 Å². The normalized spacial score (nSPS) is 15.7. The third-order valence-corrected chi connectivity index (χ3v) is 5.17. The van der Waals surface area contributed by atoms with Gasteiger partial charge in [-0.2, -0.15) is 0 Å². The monoisotopic (exact) mass is 391 g/mol. The number of furan rings is 1. The van der Waals surface area contributed by atoms with Gasteiger partial charge in [-0.3, -0.25) is 9.69 Å². The van der Waals surface area contributed by atoms with E-state index in [9.17, 15) is 4.79 Å². The minimum Gasteiger partial charge on any atom is -0.496 e. The van der Waals surface area contributed by atoms with Gasteiger partial charge < -0.3 is 18.6 Å². The maximum Gasteiger partial charge on any atom is 0.266 e. The molecule has 2 heterocycles. The Morgan fingerprint density at radius 2 is 1.85 bits per heavy atom. The highest BCUT2D eigenvalue weighted by Crippen LogP contribution is 2.39. The van der Waals surface area contributed by atoms with E-state index in [-0.39, 0.29) is 5.91 Å². The molecule has 1 aliphatic heterocycles. The molecule has 1 aliphatic rings. The molecule has 1 saturated heterocycles. The third-order valence-electron chi connectivity index (χ3n) is 3.79. The van der Waals surface area contributed by atoms with E-state index in [2.05, 4.69) is 0 Å². The van der Waals surface area contributed by atoms with Crippen LogP contribution in [0.2, 0.25) is 0 Å². The van der Waals surface area contributed by atoms with Crippen LogP contribution in [0.5, 0.6) is 17.2 Å². The topological polar surface area (TPSA) is 61.1 Å². The lowest BCUT2D eigenvalue weighted by atomic mass is 10.1. The minimum absolute atomic E-state index is 0.173. The van der Waals surface area contributed by atoms with Crippen molar-refractivity contribution in [1.82, 2.24) is 4.90 Å². The summed E-state index contributed by atoms with van der Waals surface area (Å²) >= 11 is 6.58. The number of thioether (sulfide) groups is 1. The van der Waals surface area contributed by atoms with Gasteiger partial charge in [-0.05, 0) is 24.3 Å². The summed E-state index contributed by atoms with van der Waals surface area (Å²) in [6, 6.07) is 7.06. The van der Waals surface area contributed by atoms with Crippen molar-refractivity contribution in [1.29, 1.82) is 0 Å². The summed E-state index contributed by atoms with van der Waals surface area (Å²) < 4.78 is 21.8. The molecule has 0 saturated carbocycles. The predicted octanol–water partition coefficient (Wildman–Crippen LogP) is 3.71. The molecular formula is C18H17NO5S2. The third kappa shape index (κ3) is 3.56. The van der Waals surface area contributed by atoms with Crippen LogP contribution >= 0.6 is 24.0 Å². The number of hydrogen-bond acceptors (Lipinski definition) is 7. The fourth-order valence-corrected chi connectivity index (χ4v) is 3.75. The maximum absolute atomic E-state index is 12.7. The molecule has 0 unspecified atom stereocenters. The summed E-state index contributed by atoms with van der Waals surface area (Å²) in [6.07, 6.45) is 3.31. The lowest BCUT2D eigenvalue weighted by Crippen LogP contribution is -2.27. The Morgan fingerprint density at radius 3 is 2.46 bits per heavy atom. The van der Waals surface area contributed by atoms with Crippen LogP contribution in [0.25, 0.3) is 6.08 Å². The Hall–Kier alpha value is -2.45. The molecule has 0 radical (unpaired) electrons. The second kappa shape index (κ2) is 7.84. The molecule has 0 aliphatic carbocycles. The van der Waals surface area contributed by atoms with Gasteiger partial charge in [0, 0.05) is 11.6 Å². The fourth-order valence-electron chi connectivity index (χ4n) is 2.50. The van der Waals surface area contributed by atoms with E-state index < -0.39 is 0 Å². The quantitative estimate of drug-likeness (QED) is 0.549. The molecule has 2 aromatic rings. The van der Waals surface area contributed by atoms with E-state index >= 15 is 0 Å². The van der Waals surface area contributed by atoms with Gasteiger partial charge in [-0.1, -0.05) is 24.0 Å². The van der Waals surface area contributed by atoms with E-state index in [0.717, 1.165) is 0 Å². The standard InChI is InChI=1S/C18H17NO5S2/c1-21-13-9-15(23-3)14(22-2)7-11(13)8-16-17(20)19(18(25)26-16)10-12-5-4-6-24-12/h4-9H,10H2,1-3H3. The Balaban J connectivity index is 1.92. The SMILES string of the molecule is COc1cc(OC)c(OC)cc1C=C1SC(=S)N(Cc2ccco2)C1=O. The smallest absolute Gasteiger partial charge is 0.266 e. The van der Waals surface area contributed by atoms with Crippen LogP contribution in [0.3, 0.4) is 0 Å². The summed E-state index contributed by atoms with van der Waals surface area (Å²) in [5.74, 6) is 2.16. The van der Waals surface area contributed by atoms with Crippen LogP contribution in [0, 0.1) is 0 Å². The first-order valence-electron chi connectivity index (χ1n) is 7.65. The summed E-state index contributed by atoms with van der Waals surface area (Å²) in [4.78, 5) is 14.8. The number of benzene rings is 1. The van der Waals surface area contributed by atoms with Crippen molar-refractivity contribution in [2.45, 2.75) is 6.54 Å². The van der Waals surface area contributed by atoms with Gasteiger partial charge in [0.25, 0.3) is 5.91 Å². The Bertz CT molecular complexity index is 861. The Kier molecular flexibility index (Phi) is 5.53. The van der Waals surface area contributed by atoms with Gasteiger partial charge in [0.1, 0.15) is 15.8 Å². The highest BCUT2D eigenvalue weighted by Gasteiger charge is 2.33. The summed E-state index contributed by atoms with van der Waals surface area (Å²) in [5, 5.41) is 0. The average molecular weight is 391 g/mol. The van der Waals surface area contributed by atoms with E-state index in [4.69, 9.17) is 30.8 Å². The Labute approximate surface area is 160 Å². The number of thiocarbonyl (C=S) groups is 1. The highest BCUT2D eigenvalue weighted by atomic mass is 32.2. The molecule has 0 N–H and O–H groups in total. The number of amides is 1. The number of carbonyl (C=O) groups is 1. The average Bonchev–Trinajstić information content (AvgIpc) is 3.25. The van der Waals surface area contributed by atoms with E-state index in [1.807, 2.05) is 0 Å². The fraction of sp³-hybridized carbons (Fsp3) is 0.222. The number of hydrogen-bond donors (Lipinski definition) is 0. The van der Waals surface area contributed by atoms with Crippen LogP contribution < -0.4 is 14.2 Å². The van der Waals surface area contributed by atoms with Gasteiger partial charge in [0.15, 0.2) is 11.5 Å². The number of rotatable bonds is 6. The van der Waals surface area contributed by atoms with Crippen LogP contribution in [0.1, 0.15) is 11.3 Å². The molecular weight excluding hydrogens is 374 g/mol. The maximum atomic E-state index is 12.7. The Morgan fingerprint density at radius 1 is 1.15 bits per heavy atom. The van der Waals surface area contributed by atoms with Gasteiger partial charge >= 0.3 is 0 Å². The van der Waals surface area contributed by atoms with Crippen molar-refractivity contribution in [2.24, 2.45) is 0 Å². The second-order valence-corrected chi connectivity index (χ2v) is 6.97. The summed E-state index contributed by atoms with van der Waals surface area (Å²) in [7, 11) is 4.66. The van der Waals surface area contributed by atoms with Crippen LogP contribution in [-0.4, -0.2) is 36.5 Å². The molecule has 6 nitrogen and oxygen atoms in total. The zero-order valence-corrected chi connectivity index (χ0v) is 16.1. The molecule has 26 heavy (non-hydrogen) atoms. The van der Waals surface area contributed by atoms with E-state index in [1.54, 1.807) is 57.9 Å². The van der Waals surface area contributed by atoms with E-state index in [1.165, 1.54) is 16.7 Å². The molecule has 1 aromatic heterocycles. The van der Waals surface area contributed by atoms with Gasteiger partial charge in [0.05, 0.1) is 39.0 Å². The van der Waals surface area contributed by atoms with Crippen molar-refractivity contribution in [3.63, 3.8) is 0 Å². The molecule has 0 bridgehead atoms. The van der Waals surface area contributed by atoms with Gasteiger partial charge in [0.2, 0.25) is 0 Å². The first-order chi connectivity index (χ1) is 12.6. The number of methoxy groups -OCH3 is 3.